The van der Waals surface area contributed by atoms with Gasteiger partial charge in [0.15, 0.2) is 0 Å². The predicted molar refractivity (Wildman–Crippen MR) is 95.7 cm³/mol. The number of nitrogens with one attached hydrogen (secondary N) is 1. The van der Waals surface area contributed by atoms with Crippen LogP contribution in [0.5, 0.6) is 0 Å². The summed E-state index contributed by atoms with van der Waals surface area (Å²) in [7, 11) is -3.53. The zero-order valence-corrected chi connectivity index (χ0v) is 15.3. The predicted octanol–water partition coefficient (Wildman–Crippen LogP) is 3.61. The topological polar surface area (TPSA) is 62.3 Å². The molecule has 0 atom stereocenters. The molecule has 0 radical (unpaired) electrons. The van der Waals surface area contributed by atoms with Crippen molar-refractivity contribution >= 4 is 15.8 Å². The number of rotatable bonds is 5. The Labute approximate surface area is 156 Å². The number of anilines is 1. The van der Waals surface area contributed by atoms with Crippen LogP contribution in [0.2, 0.25) is 0 Å². The van der Waals surface area contributed by atoms with E-state index in [2.05, 4.69) is 10.3 Å². The maximum absolute atomic E-state index is 13.0. The highest BCUT2D eigenvalue weighted by molar-refractivity contribution is 7.89. The fourth-order valence-electron chi connectivity index (χ4n) is 3.11. The van der Waals surface area contributed by atoms with Crippen molar-refractivity contribution in [3.63, 3.8) is 0 Å². The lowest BCUT2D eigenvalue weighted by atomic mass is 9.98. The summed E-state index contributed by atoms with van der Waals surface area (Å²) in [6.45, 7) is 1.01. The highest BCUT2D eigenvalue weighted by atomic mass is 32.2. The van der Waals surface area contributed by atoms with E-state index in [4.69, 9.17) is 0 Å². The summed E-state index contributed by atoms with van der Waals surface area (Å²) in [5.41, 5.74) is -0.797. The summed E-state index contributed by atoms with van der Waals surface area (Å²) < 4.78 is 65.7. The molecule has 27 heavy (non-hydrogen) atoms. The van der Waals surface area contributed by atoms with Crippen LogP contribution in [0.25, 0.3) is 0 Å². The molecule has 1 aliphatic rings. The van der Waals surface area contributed by atoms with Crippen molar-refractivity contribution in [1.29, 1.82) is 0 Å². The lowest BCUT2D eigenvalue weighted by Crippen LogP contribution is -2.39. The van der Waals surface area contributed by atoms with Gasteiger partial charge in [-0.05, 0) is 43.0 Å². The molecule has 9 heteroatoms. The molecular weight excluding hydrogens is 379 g/mol. The number of benzene rings is 1. The molecule has 0 aliphatic carbocycles. The summed E-state index contributed by atoms with van der Waals surface area (Å²) >= 11 is 0. The van der Waals surface area contributed by atoms with Gasteiger partial charge in [0.1, 0.15) is 5.82 Å². The third-order valence-corrected chi connectivity index (χ3v) is 6.54. The van der Waals surface area contributed by atoms with E-state index in [1.807, 2.05) is 0 Å². The standard InChI is InChI=1S/C18H20F3N3O2S/c19-18(20,21)16-7-4-10-22-17(16)23-13-14-8-11-24(12-9-14)27(25,26)15-5-2-1-3-6-15/h1-7,10,14H,8-9,11-13H2,(H,22,23). The molecule has 1 aromatic heterocycles. The maximum atomic E-state index is 13.0. The van der Waals surface area contributed by atoms with Gasteiger partial charge in [-0.15, -0.1) is 0 Å². The second kappa shape index (κ2) is 7.85. The van der Waals surface area contributed by atoms with Gasteiger partial charge in [0.05, 0.1) is 10.5 Å². The summed E-state index contributed by atoms with van der Waals surface area (Å²) in [6.07, 6.45) is -2.00. The Bertz CT molecular complexity index is 865. The number of hydrogen-bond donors (Lipinski definition) is 1. The van der Waals surface area contributed by atoms with Crippen LogP contribution in [0, 0.1) is 5.92 Å². The molecule has 2 heterocycles. The molecule has 2 aromatic rings. The first-order chi connectivity index (χ1) is 12.8. The van der Waals surface area contributed by atoms with Gasteiger partial charge in [-0.3, -0.25) is 0 Å². The van der Waals surface area contributed by atoms with Crippen LogP contribution in [-0.2, 0) is 16.2 Å². The normalized spacial score (nSPS) is 17.0. The van der Waals surface area contributed by atoms with Crippen molar-refractivity contribution in [2.75, 3.05) is 25.0 Å². The second-order valence-electron chi connectivity index (χ2n) is 6.44. The summed E-state index contributed by atoms with van der Waals surface area (Å²) in [4.78, 5) is 4.04. The van der Waals surface area contributed by atoms with Crippen LogP contribution in [0.3, 0.4) is 0 Å². The Balaban J connectivity index is 1.58. The van der Waals surface area contributed by atoms with Gasteiger partial charge in [0.25, 0.3) is 0 Å². The Kier molecular flexibility index (Phi) is 5.71. The summed E-state index contributed by atoms with van der Waals surface area (Å²) in [5.74, 6) is -0.111. The third kappa shape index (κ3) is 4.59. The van der Waals surface area contributed by atoms with Crippen LogP contribution in [0.1, 0.15) is 18.4 Å². The number of alkyl halides is 3. The van der Waals surface area contributed by atoms with Gasteiger partial charge < -0.3 is 5.32 Å². The molecule has 0 bridgehead atoms. The van der Waals surface area contributed by atoms with Gasteiger partial charge in [-0.2, -0.15) is 17.5 Å². The molecule has 146 valence electrons. The highest BCUT2D eigenvalue weighted by Gasteiger charge is 2.34. The molecule has 1 N–H and O–H groups in total. The fraction of sp³-hybridized carbons (Fsp3) is 0.389. The van der Waals surface area contributed by atoms with E-state index < -0.39 is 21.8 Å². The monoisotopic (exact) mass is 399 g/mol. The minimum Gasteiger partial charge on any atom is -0.369 e. The quantitative estimate of drug-likeness (QED) is 0.834. The van der Waals surface area contributed by atoms with E-state index in [0.717, 1.165) is 6.07 Å². The molecule has 1 fully saturated rings. The lowest BCUT2D eigenvalue weighted by molar-refractivity contribution is -0.137. The molecule has 1 saturated heterocycles. The van der Waals surface area contributed by atoms with Crippen molar-refractivity contribution in [2.45, 2.75) is 23.9 Å². The van der Waals surface area contributed by atoms with Crippen molar-refractivity contribution < 1.29 is 21.6 Å². The molecule has 1 aliphatic heterocycles. The van der Waals surface area contributed by atoms with Gasteiger partial charge >= 0.3 is 6.18 Å². The van der Waals surface area contributed by atoms with Gasteiger partial charge in [0.2, 0.25) is 10.0 Å². The summed E-state index contributed by atoms with van der Waals surface area (Å²) in [6, 6.07) is 10.5. The third-order valence-electron chi connectivity index (χ3n) is 4.63. The Hall–Kier alpha value is -2.13. The maximum Gasteiger partial charge on any atom is 0.419 e. The first-order valence-corrected chi connectivity index (χ1v) is 10.0. The SMILES string of the molecule is O=S(=O)(c1ccccc1)N1CCC(CNc2ncccc2C(F)(F)F)CC1. The van der Waals surface area contributed by atoms with Crippen molar-refractivity contribution in [3.05, 3.63) is 54.2 Å². The minimum atomic E-state index is -4.47. The zero-order valence-electron chi connectivity index (χ0n) is 14.5. The number of pyridine rings is 1. The van der Waals surface area contributed by atoms with Crippen LogP contribution in [0.4, 0.5) is 19.0 Å². The van der Waals surface area contributed by atoms with Crippen molar-refractivity contribution in [3.8, 4) is 0 Å². The summed E-state index contributed by atoms with van der Waals surface area (Å²) in [5, 5.41) is 2.78. The minimum absolute atomic E-state index is 0.0790. The molecule has 0 spiro atoms. The van der Waals surface area contributed by atoms with E-state index in [9.17, 15) is 21.6 Å². The van der Waals surface area contributed by atoms with E-state index in [1.165, 1.54) is 16.6 Å². The first-order valence-electron chi connectivity index (χ1n) is 8.60. The number of aromatic nitrogens is 1. The molecule has 1 aromatic carbocycles. The van der Waals surface area contributed by atoms with E-state index in [1.54, 1.807) is 30.3 Å². The number of piperidine rings is 1. The molecule has 5 nitrogen and oxygen atoms in total. The van der Waals surface area contributed by atoms with E-state index in [-0.39, 0.29) is 16.6 Å². The largest absolute Gasteiger partial charge is 0.419 e. The fourth-order valence-corrected chi connectivity index (χ4v) is 4.60. The van der Waals surface area contributed by atoms with Crippen molar-refractivity contribution in [1.82, 2.24) is 9.29 Å². The van der Waals surface area contributed by atoms with E-state index >= 15 is 0 Å². The number of nitrogens with zero attached hydrogens (tertiary/aromatic N) is 2. The van der Waals surface area contributed by atoms with Crippen LogP contribution in [0.15, 0.2) is 53.6 Å². The smallest absolute Gasteiger partial charge is 0.369 e. The highest BCUT2D eigenvalue weighted by Crippen LogP contribution is 2.33. The lowest BCUT2D eigenvalue weighted by Gasteiger charge is -2.31. The van der Waals surface area contributed by atoms with E-state index in [0.29, 0.717) is 32.5 Å². The molecule has 0 amide bonds. The van der Waals surface area contributed by atoms with Crippen LogP contribution in [-0.4, -0.2) is 37.3 Å². The van der Waals surface area contributed by atoms with Crippen molar-refractivity contribution in [2.24, 2.45) is 5.92 Å². The molecule has 0 unspecified atom stereocenters. The van der Waals surface area contributed by atoms with Gasteiger partial charge in [0, 0.05) is 25.8 Å². The van der Waals surface area contributed by atoms with Crippen LogP contribution < -0.4 is 5.32 Å². The zero-order chi connectivity index (χ0) is 19.5. The number of hydrogen-bond acceptors (Lipinski definition) is 4. The Morgan fingerprint density at radius 3 is 2.37 bits per heavy atom. The molecule has 0 saturated carbocycles. The number of halogens is 3. The Morgan fingerprint density at radius 2 is 1.74 bits per heavy atom. The number of sulfonamides is 1. The first kappa shape index (κ1) is 19.6. The Morgan fingerprint density at radius 1 is 1.07 bits per heavy atom. The van der Waals surface area contributed by atoms with Gasteiger partial charge in [-0.1, -0.05) is 18.2 Å². The van der Waals surface area contributed by atoms with Crippen LogP contribution >= 0.6 is 0 Å². The molecule has 3 rings (SSSR count). The second-order valence-corrected chi connectivity index (χ2v) is 8.38. The molecular formula is C18H20F3N3O2S. The average molecular weight is 399 g/mol. The average Bonchev–Trinajstić information content (AvgIpc) is 2.67. The van der Waals surface area contributed by atoms with Gasteiger partial charge in [-0.25, -0.2) is 13.4 Å².